The average molecular weight is 394 g/mol. The molecule has 0 unspecified atom stereocenters. The summed E-state index contributed by atoms with van der Waals surface area (Å²) in [5.74, 6) is 0.769. The highest BCUT2D eigenvalue weighted by molar-refractivity contribution is 8.01. The molecule has 2 aromatic carbocycles. The fraction of sp³-hybridized carbons (Fsp3) is 0.294. The van der Waals surface area contributed by atoms with Crippen LogP contribution in [0.15, 0.2) is 47.4 Å². The van der Waals surface area contributed by atoms with Gasteiger partial charge in [0.2, 0.25) is 10.0 Å². The molecule has 1 saturated heterocycles. The minimum Gasteiger partial charge on any atom is -0.490 e. The Hall–Kier alpha value is -2.10. The van der Waals surface area contributed by atoms with Crippen LogP contribution in [0.4, 0.5) is 5.69 Å². The van der Waals surface area contributed by atoms with E-state index in [2.05, 4.69) is 0 Å². The van der Waals surface area contributed by atoms with Crippen molar-refractivity contribution in [3.8, 4) is 5.75 Å². The van der Waals surface area contributed by atoms with Gasteiger partial charge in [-0.2, -0.15) is 4.31 Å². The third kappa shape index (κ3) is 3.42. The summed E-state index contributed by atoms with van der Waals surface area (Å²) in [4.78, 5) is 11.0. The highest BCUT2D eigenvalue weighted by Crippen LogP contribution is 2.43. The van der Waals surface area contributed by atoms with Crippen LogP contribution >= 0.6 is 11.8 Å². The molecule has 0 spiro atoms. The van der Waals surface area contributed by atoms with Gasteiger partial charge in [0, 0.05) is 18.4 Å². The second kappa shape index (κ2) is 7.26. The minimum absolute atomic E-state index is 0.148. The summed E-state index contributed by atoms with van der Waals surface area (Å²) in [6, 6.07) is 11.3. The molecule has 0 aromatic heterocycles. The molecule has 1 heterocycles. The van der Waals surface area contributed by atoms with E-state index in [1.165, 1.54) is 35.3 Å². The van der Waals surface area contributed by atoms with Crippen LogP contribution in [0, 0.1) is 17.0 Å². The zero-order valence-corrected chi connectivity index (χ0v) is 15.9. The topological polar surface area (TPSA) is 89.8 Å². The Labute approximate surface area is 156 Å². The third-order valence-corrected chi connectivity index (χ3v) is 7.38. The zero-order chi connectivity index (χ0) is 18.9. The van der Waals surface area contributed by atoms with Crippen LogP contribution < -0.4 is 4.74 Å². The molecule has 0 aliphatic carbocycles. The summed E-state index contributed by atoms with van der Waals surface area (Å²) in [6.07, 6.45) is 0. The normalized spacial score (nSPS) is 18.0. The maximum atomic E-state index is 13.1. The van der Waals surface area contributed by atoms with Crippen LogP contribution in [-0.2, 0) is 10.0 Å². The van der Waals surface area contributed by atoms with Crippen LogP contribution in [0.25, 0.3) is 0 Å². The Balaban J connectivity index is 2.01. The molecule has 138 valence electrons. The molecule has 9 heteroatoms. The highest BCUT2D eigenvalue weighted by Gasteiger charge is 2.37. The summed E-state index contributed by atoms with van der Waals surface area (Å²) in [7, 11) is -2.33. The molecule has 2 aromatic rings. The van der Waals surface area contributed by atoms with Crippen LogP contribution in [-0.4, -0.2) is 37.1 Å². The van der Waals surface area contributed by atoms with E-state index in [1.807, 2.05) is 13.0 Å². The quantitative estimate of drug-likeness (QED) is 0.571. The van der Waals surface area contributed by atoms with Gasteiger partial charge in [-0.3, -0.25) is 10.1 Å². The van der Waals surface area contributed by atoms with Crippen molar-refractivity contribution in [3.05, 3.63) is 63.7 Å². The van der Waals surface area contributed by atoms with Crippen molar-refractivity contribution in [2.24, 2.45) is 0 Å². The van der Waals surface area contributed by atoms with Gasteiger partial charge in [0.15, 0.2) is 5.75 Å². The molecule has 1 fully saturated rings. The fourth-order valence-electron chi connectivity index (χ4n) is 2.88. The molecule has 0 radical (unpaired) electrons. The molecule has 0 N–H and O–H groups in total. The Kier molecular flexibility index (Phi) is 5.22. The number of nitro benzene ring substituents is 1. The van der Waals surface area contributed by atoms with Crippen LogP contribution in [0.1, 0.15) is 16.5 Å². The number of rotatable bonds is 5. The number of ether oxygens (including phenoxy) is 1. The number of methoxy groups -OCH3 is 1. The lowest BCUT2D eigenvalue weighted by molar-refractivity contribution is -0.385. The molecule has 7 nitrogen and oxygen atoms in total. The lowest BCUT2D eigenvalue weighted by Gasteiger charge is -2.23. The van der Waals surface area contributed by atoms with Gasteiger partial charge < -0.3 is 4.74 Å². The summed E-state index contributed by atoms with van der Waals surface area (Å²) < 4.78 is 32.6. The highest BCUT2D eigenvalue weighted by atomic mass is 32.2. The third-order valence-electron chi connectivity index (χ3n) is 4.13. The van der Waals surface area contributed by atoms with Crippen molar-refractivity contribution < 1.29 is 18.1 Å². The number of sulfonamides is 1. The standard InChI is InChI=1S/C17H18N2O5S2/c1-12-4-3-5-14(10-12)26(22,23)18-8-9-25-17(18)13-6-7-16(24-2)15(11-13)19(20)21/h3-7,10-11,17H,8-9H2,1-2H3/t17-/m0/s1. The van der Waals surface area contributed by atoms with Crippen molar-refractivity contribution in [2.45, 2.75) is 17.2 Å². The lowest BCUT2D eigenvalue weighted by atomic mass is 10.2. The van der Waals surface area contributed by atoms with Crippen LogP contribution in [0.5, 0.6) is 5.75 Å². The van der Waals surface area contributed by atoms with Crippen molar-refractivity contribution in [2.75, 3.05) is 19.4 Å². The van der Waals surface area contributed by atoms with Gasteiger partial charge in [-0.05, 0) is 36.2 Å². The van der Waals surface area contributed by atoms with Gasteiger partial charge in [0.25, 0.3) is 0 Å². The van der Waals surface area contributed by atoms with Crippen molar-refractivity contribution in [3.63, 3.8) is 0 Å². The van der Waals surface area contributed by atoms with Crippen molar-refractivity contribution >= 4 is 27.5 Å². The summed E-state index contributed by atoms with van der Waals surface area (Å²) in [5.41, 5.74) is 1.25. The van der Waals surface area contributed by atoms with Gasteiger partial charge in [0.1, 0.15) is 0 Å². The number of hydrogen-bond acceptors (Lipinski definition) is 6. The van der Waals surface area contributed by atoms with Gasteiger partial charge in [-0.25, -0.2) is 8.42 Å². The lowest BCUT2D eigenvalue weighted by Crippen LogP contribution is -2.30. The Morgan fingerprint density at radius 2 is 2.04 bits per heavy atom. The largest absolute Gasteiger partial charge is 0.490 e. The molecular weight excluding hydrogens is 376 g/mol. The molecule has 0 bridgehead atoms. The molecule has 26 heavy (non-hydrogen) atoms. The number of aryl methyl sites for hydroxylation is 1. The Bertz CT molecular complexity index is 946. The predicted molar refractivity (Wildman–Crippen MR) is 99.9 cm³/mol. The fourth-order valence-corrected chi connectivity index (χ4v) is 6.21. The first-order chi connectivity index (χ1) is 12.3. The SMILES string of the molecule is COc1ccc([C@@H]2SCCN2S(=O)(=O)c2cccc(C)c2)cc1[N+](=O)[O-]. The first-order valence-electron chi connectivity index (χ1n) is 7.87. The van der Waals surface area contributed by atoms with E-state index in [9.17, 15) is 18.5 Å². The maximum Gasteiger partial charge on any atom is 0.311 e. The van der Waals surface area contributed by atoms with Crippen molar-refractivity contribution in [1.82, 2.24) is 4.31 Å². The molecule has 0 amide bonds. The Morgan fingerprint density at radius 3 is 2.69 bits per heavy atom. The predicted octanol–water partition coefficient (Wildman–Crippen LogP) is 3.35. The maximum absolute atomic E-state index is 13.1. The van der Waals surface area contributed by atoms with Gasteiger partial charge in [-0.15, -0.1) is 11.8 Å². The zero-order valence-electron chi connectivity index (χ0n) is 14.3. The second-order valence-corrected chi connectivity index (χ2v) is 8.92. The number of hydrogen-bond donors (Lipinski definition) is 0. The Morgan fingerprint density at radius 1 is 1.27 bits per heavy atom. The van der Waals surface area contributed by atoms with E-state index >= 15 is 0 Å². The monoisotopic (exact) mass is 394 g/mol. The van der Waals surface area contributed by atoms with Crippen LogP contribution in [0.2, 0.25) is 0 Å². The van der Waals surface area contributed by atoms with Crippen LogP contribution in [0.3, 0.4) is 0 Å². The van der Waals surface area contributed by atoms with E-state index in [0.29, 0.717) is 17.9 Å². The average Bonchev–Trinajstić information content (AvgIpc) is 3.11. The summed E-state index contributed by atoms with van der Waals surface area (Å²) in [6.45, 7) is 2.19. The van der Waals surface area contributed by atoms with E-state index in [4.69, 9.17) is 4.74 Å². The summed E-state index contributed by atoms with van der Waals surface area (Å²) in [5, 5.41) is 10.8. The van der Waals surface area contributed by atoms with E-state index < -0.39 is 20.3 Å². The van der Waals surface area contributed by atoms with Gasteiger partial charge in [-0.1, -0.05) is 18.2 Å². The first kappa shape index (κ1) is 18.7. The molecule has 1 aliphatic rings. The number of benzene rings is 2. The van der Waals surface area contributed by atoms with Gasteiger partial charge in [0.05, 0.1) is 22.3 Å². The van der Waals surface area contributed by atoms with E-state index in [0.717, 1.165) is 5.56 Å². The smallest absolute Gasteiger partial charge is 0.311 e. The van der Waals surface area contributed by atoms with E-state index in [1.54, 1.807) is 24.3 Å². The van der Waals surface area contributed by atoms with Crippen molar-refractivity contribution in [1.29, 1.82) is 0 Å². The molecular formula is C17H18N2O5S2. The van der Waals surface area contributed by atoms with E-state index in [-0.39, 0.29) is 16.3 Å². The minimum atomic E-state index is -3.70. The molecule has 1 atom stereocenters. The summed E-state index contributed by atoms with van der Waals surface area (Å²) >= 11 is 1.45. The first-order valence-corrected chi connectivity index (χ1v) is 10.4. The molecule has 3 rings (SSSR count). The molecule has 0 saturated carbocycles. The second-order valence-electron chi connectivity index (χ2n) is 5.84. The molecule has 1 aliphatic heterocycles. The number of nitrogens with zero attached hydrogens (tertiary/aromatic N) is 2. The van der Waals surface area contributed by atoms with Gasteiger partial charge >= 0.3 is 5.69 Å². The number of thioether (sulfide) groups is 1. The number of nitro groups is 1.